The third-order valence-electron chi connectivity index (χ3n) is 5.46. The molecule has 0 aromatic heterocycles. The molecule has 0 saturated carbocycles. The number of methoxy groups -OCH3 is 1. The number of halogens is 1. The number of carbonyl (C=O) groups is 2. The molecule has 2 aromatic carbocycles. The lowest BCUT2D eigenvalue weighted by Crippen LogP contribution is -2.32. The van der Waals surface area contributed by atoms with E-state index in [2.05, 4.69) is 0 Å². The first-order chi connectivity index (χ1) is 15.8. The fourth-order valence-corrected chi connectivity index (χ4v) is 4.14. The van der Waals surface area contributed by atoms with Crippen molar-refractivity contribution in [2.45, 2.75) is 19.4 Å². The predicted octanol–water partition coefficient (Wildman–Crippen LogP) is 4.12. The van der Waals surface area contributed by atoms with Crippen LogP contribution in [-0.2, 0) is 9.59 Å². The molecule has 1 aliphatic rings. The fourth-order valence-electron chi connectivity index (χ4n) is 3.90. The van der Waals surface area contributed by atoms with Crippen LogP contribution in [-0.4, -0.2) is 67.5 Å². The first kappa shape index (κ1) is 24.6. The number of ketones is 1. The molecule has 1 heterocycles. The Morgan fingerprint density at radius 2 is 1.94 bits per heavy atom. The molecule has 0 radical (unpaired) electrons. The molecular weight excluding hydrogens is 444 g/mol. The van der Waals surface area contributed by atoms with Crippen molar-refractivity contribution in [2.24, 2.45) is 0 Å². The number of rotatable bonds is 9. The lowest BCUT2D eigenvalue weighted by Gasteiger charge is -2.26. The second kappa shape index (κ2) is 10.7. The molecule has 0 spiro atoms. The molecule has 1 fully saturated rings. The van der Waals surface area contributed by atoms with Crippen molar-refractivity contribution in [1.82, 2.24) is 9.80 Å². The Bertz CT molecular complexity index is 1070. The van der Waals surface area contributed by atoms with Crippen molar-refractivity contribution in [1.29, 1.82) is 0 Å². The molecule has 2 aromatic rings. The van der Waals surface area contributed by atoms with E-state index in [1.54, 1.807) is 37.4 Å². The molecule has 0 bridgehead atoms. The first-order valence-electron chi connectivity index (χ1n) is 10.8. The number of hydrogen-bond donors (Lipinski definition) is 1. The highest BCUT2D eigenvalue weighted by Crippen LogP contribution is 2.41. The Morgan fingerprint density at radius 1 is 1.18 bits per heavy atom. The van der Waals surface area contributed by atoms with E-state index < -0.39 is 17.7 Å². The second-order valence-corrected chi connectivity index (χ2v) is 8.41. The SMILES string of the molecule is CCOc1ccc(/C(O)=C2/C(=O)C(=O)N(CCCN(C)C)C2c2cccc(OC)c2)cc1Cl. The largest absolute Gasteiger partial charge is 0.507 e. The summed E-state index contributed by atoms with van der Waals surface area (Å²) in [5, 5.41) is 11.5. The zero-order valence-corrected chi connectivity index (χ0v) is 20.1. The number of likely N-dealkylation sites (tertiary alicyclic amines) is 1. The van der Waals surface area contributed by atoms with E-state index in [9.17, 15) is 14.7 Å². The number of Topliss-reactive ketones (excluding diaryl/α,β-unsaturated/α-hetero) is 1. The third kappa shape index (κ3) is 5.31. The number of hydrogen-bond acceptors (Lipinski definition) is 6. The highest BCUT2D eigenvalue weighted by Gasteiger charge is 2.45. The van der Waals surface area contributed by atoms with Gasteiger partial charge < -0.3 is 24.4 Å². The maximum Gasteiger partial charge on any atom is 0.295 e. The molecule has 1 unspecified atom stereocenters. The number of carbonyl (C=O) groups excluding carboxylic acids is 2. The highest BCUT2D eigenvalue weighted by atomic mass is 35.5. The Hall–Kier alpha value is -3.03. The van der Waals surface area contributed by atoms with Crippen LogP contribution in [0.3, 0.4) is 0 Å². The molecule has 1 aliphatic heterocycles. The summed E-state index contributed by atoms with van der Waals surface area (Å²) in [5.74, 6) is -0.573. The Kier molecular flexibility index (Phi) is 8.00. The van der Waals surface area contributed by atoms with Crippen molar-refractivity contribution in [3.05, 3.63) is 64.2 Å². The maximum atomic E-state index is 13.1. The molecule has 1 N–H and O–H groups in total. The summed E-state index contributed by atoms with van der Waals surface area (Å²) in [6.07, 6.45) is 0.676. The summed E-state index contributed by atoms with van der Waals surface area (Å²) in [6.45, 7) is 3.41. The minimum atomic E-state index is -0.743. The van der Waals surface area contributed by atoms with E-state index in [0.29, 0.717) is 47.2 Å². The minimum absolute atomic E-state index is 0.0262. The van der Waals surface area contributed by atoms with E-state index in [0.717, 1.165) is 6.54 Å². The van der Waals surface area contributed by atoms with Gasteiger partial charge in [-0.1, -0.05) is 23.7 Å². The van der Waals surface area contributed by atoms with Crippen LogP contribution in [0.2, 0.25) is 5.02 Å². The van der Waals surface area contributed by atoms with Crippen LogP contribution in [0.15, 0.2) is 48.0 Å². The molecular formula is C25H29ClN2O5. The lowest BCUT2D eigenvalue weighted by molar-refractivity contribution is -0.139. The number of amides is 1. The summed E-state index contributed by atoms with van der Waals surface area (Å²) in [5.41, 5.74) is 1.04. The number of aliphatic hydroxyl groups excluding tert-OH is 1. The number of aliphatic hydroxyl groups is 1. The van der Waals surface area contributed by atoms with Gasteiger partial charge >= 0.3 is 0 Å². The van der Waals surface area contributed by atoms with Crippen LogP contribution in [0.5, 0.6) is 11.5 Å². The summed E-state index contributed by atoms with van der Waals surface area (Å²) < 4.78 is 10.8. The molecule has 1 amide bonds. The first-order valence-corrected chi connectivity index (χ1v) is 11.2. The lowest BCUT2D eigenvalue weighted by atomic mass is 9.95. The van der Waals surface area contributed by atoms with Crippen LogP contribution in [0.1, 0.15) is 30.5 Å². The predicted molar refractivity (Wildman–Crippen MR) is 128 cm³/mol. The third-order valence-corrected chi connectivity index (χ3v) is 5.75. The number of benzene rings is 2. The monoisotopic (exact) mass is 472 g/mol. The average molecular weight is 473 g/mol. The number of nitrogens with zero attached hydrogens (tertiary/aromatic N) is 2. The van der Waals surface area contributed by atoms with Crippen LogP contribution >= 0.6 is 11.6 Å². The van der Waals surface area contributed by atoms with E-state index in [1.807, 2.05) is 32.0 Å². The van der Waals surface area contributed by atoms with Gasteiger partial charge in [-0.25, -0.2) is 0 Å². The van der Waals surface area contributed by atoms with E-state index >= 15 is 0 Å². The number of ether oxygens (including phenoxy) is 2. The Labute approximate surface area is 199 Å². The van der Waals surface area contributed by atoms with Gasteiger partial charge in [0.05, 0.1) is 30.4 Å². The van der Waals surface area contributed by atoms with E-state index in [-0.39, 0.29) is 11.3 Å². The summed E-state index contributed by atoms with van der Waals surface area (Å²) in [4.78, 5) is 29.7. The van der Waals surface area contributed by atoms with Crippen LogP contribution in [0.4, 0.5) is 0 Å². The van der Waals surface area contributed by atoms with Gasteiger partial charge in [0, 0.05) is 12.1 Å². The zero-order valence-electron chi connectivity index (χ0n) is 19.3. The molecule has 7 nitrogen and oxygen atoms in total. The van der Waals surface area contributed by atoms with Crippen LogP contribution in [0, 0.1) is 0 Å². The van der Waals surface area contributed by atoms with Gasteiger partial charge in [0.25, 0.3) is 11.7 Å². The fraction of sp³-hybridized carbons (Fsp3) is 0.360. The normalized spacial score (nSPS) is 17.6. The second-order valence-electron chi connectivity index (χ2n) is 8.00. The molecule has 8 heteroatoms. The van der Waals surface area contributed by atoms with Crippen molar-refractivity contribution < 1.29 is 24.2 Å². The van der Waals surface area contributed by atoms with E-state index in [1.165, 1.54) is 11.0 Å². The molecule has 33 heavy (non-hydrogen) atoms. The molecule has 1 atom stereocenters. The summed E-state index contributed by atoms with van der Waals surface area (Å²) in [7, 11) is 5.45. The molecule has 0 aliphatic carbocycles. The summed E-state index contributed by atoms with van der Waals surface area (Å²) >= 11 is 6.30. The molecule has 3 rings (SSSR count). The topological polar surface area (TPSA) is 79.3 Å². The van der Waals surface area contributed by atoms with Crippen molar-refractivity contribution in [3.63, 3.8) is 0 Å². The van der Waals surface area contributed by atoms with Crippen LogP contribution < -0.4 is 9.47 Å². The highest BCUT2D eigenvalue weighted by molar-refractivity contribution is 6.46. The smallest absolute Gasteiger partial charge is 0.295 e. The van der Waals surface area contributed by atoms with Crippen molar-refractivity contribution in [3.8, 4) is 11.5 Å². The van der Waals surface area contributed by atoms with Gasteiger partial charge in [-0.2, -0.15) is 0 Å². The van der Waals surface area contributed by atoms with Gasteiger partial charge in [-0.3, -0.25) is 9.59 Å². The Morgan fingerprint density at radius 3 is 2.58 bits per heavy atom. The zero-order chi connectivity index (χ0) is 24.1. The standard InChI is InChI=1S/C25H29ClN2O5/c1-5-33-20-11-10-17(15-19(20)26)23(29)21-22(16-8-6-9-18(14-16)32-4)28(25(31)24(21)30)13-7-12-27(2)3/h6,8-11,14-15,22,29H,5,7,12-13H2,1-4H3/b23-21-. The summed E-state index contributed by atoms with van der Waals surface area (Å²) in [6, 6.07) is 11.2. The van der Waals surface area contributed by atoms with Crippen LogP contribution in [0.25, 0.3) is 5.76 Å². The molecule has 176 valence electrons. The minimum Gasteiger partial charge on any atom is -0.507 e. The van der Waals surface area contributed by atoms with Crippen molar-refractivity contribution in [2.75, 3.05) is 40.9 Å². The maximum absolute atomic E-state index is 13.1. The average Bonchev–Trinajstić information content (AvgIpc) is 3.05. The van der Waals surface area contributed by atoms with Gasteiger partial charge in [0.1, 0.15) is 17.3 Å². The molecule has 1 saturated heterocycles. The quantitative estimate of drug-likeness (QED) is 0.336. The van der Waals surface area contributed by atoms with E-state index in [4.69, 9.17) is 21.1 Å². The van der Waals surface area contributed by atoms with Crippen molar-refractivity contribution >= 4 is 29.1 Å². The Balaban J connectivity index is 2.10. The van der Waals surface area contributed by atoms with Gasteiger partial charge in [0.15, 0.2) is 0 Å². The van der Waals surface area contributed by atoms with Gasteiger partial charge in [-0.15, -0.1) is 0 Å². The van der Waals surface area contributed by atoms with Gasteiger partial charge in [0.2, 0.25) is 0 Å². The van der Waals surface area contributed by atoms with Gasteiger partial charge in [-0.05, 0) is 69.9 Å².